The summed E-state index contributed by atoms with van der Waals surface area (Å²) >= 11 is 0. The van der Waals surface area contributed by atoms with Gasteiger partial charge in [0.25, 0.3) is 0 Å². The van der Waals surface area contributed by atoms with Crippen molar-refractivity contribution in [3.63, 3.8) is 0 Å². The van der Waals surface area contributed by atoms with Crippen molar-refractivity contribution in [1.29, 1.82) is 0 Å². The van der Waals surface area contributed by atoms with Crippen molar-refractivity contribution in [2.45, 2.75) is 52.2 Å². The van der Waals surface area contributed by atoms with Gasteiger partial charge < -0.3 is 5.32 Å². The molecule has 0 aliphatic carbocycles. The number of hydrogen-bond donors (Lipinski definition) is 1. The Morgan fingerprint density at radius 1 is 1.00 bits per heavy atom. The summed E-state index contributed by atoms with van der Waals surface area (Å²) in [4.78, 5) is 15.2. The summed E-state index contributed by atoms with van der Waals surface area (Å²) < 4.78 is 25.9. The van der Waals surface area contributed by atoms with Crippen LogP contribution in [0.15, 0.2) is 48.5 Å². The second-order valence-electron chi connectivity index (χ2n) is 8.44. The second-order valence-corrected chi connectivity index (χ2v) is 10.3. The predicted molar refractivity (Wildman–Crippen MR) is 125 cm³/mol. The first-order valence-electron chi connectivity index (χ1n) is 10.9. The number of anilines is 1. The molecule has 0 unspecified atom stereocenters. The van der Waals surface area contributed by atoms with Gasteiger partial charge in [0.2, 0.25) is 15.9 Å². The first-order valence-corrected chi connectivity index (χ1v) is 12.7. The molecule has 1 fully saturated rings. The number of carbonyl (C=O) groups is 1. The normalized spacial score (nSPS) is 16.0. The quantitative estimate of drug-likeness (QED) is 0.678. The van der Waals surface area contributed by atoms with E-state index in [1.807, 2.05) is 31.2 Å². The van der Waals surface area contributed by atoms with Crippen LogP contribution in [-0.2, 0) is 27.9 Å². The number of likely N-dealkylation sites (tertiary alicyclic amines) is 1. The van der Waals surface area contributed by atoms with E-state index in [1.54, 1.807) is 19.1 Å². The average molecular weight is 444 g/mol. The molecule has 2 aromatic rings. The lowest BCUT2D eigenvalue weighted by Gasteiger charge is -2.28. The molecular weight excluding hydrogens is 410 g/mol. The number of benzene rings is 2. The molecule has 0 aromatic heterocycles. The molecule has 31 heavy (non-hydrogen) atoms. The highest BCUT2D eigenvalue weighted by molar-refractivity contribution is 7.92. The highest BCUT2D eigenvalue weighted by Gasteiger charge is 2.28. The third-order valence-electron chi connectivity index (χ3n) is 5.72. The molecule has 0 saturated carbocycles. The number of aryl methyl sites for hydroxylation is 1. The minimum absolute atomic E-state index is 0.330. The second kappa shape index (κ2) is 10.3. The predicted octanol–water partition coefficient (Wildman–Crippen LogP) is 3.45. The molecular formula is C24H33N3O3S. The molecule has 1 N–H and O–H groups in total. The molecule has 0 radical (unpaired) electrons. The molecule has 2 aromatic carbocycles. The van der Waals surface area contributed by atoms with E-state index in [4.69, 9.17) is 0 Å². The summed E-state index contributed by atoms with van der Waals surface area (Å²) in [6.45, 7) is 7.18. The first kappa shape index (κ1) is 23.3. The van der Waals surface area contributed by atoms with Gasteiger partial charge in [-0.25, -0.2) is 8.42 Å². The fourth-order valence-corrected chi connectivity index (χ4v) is 5.15. The summed E-state index contributed by atoms with van der Waals surface area (Å²) in [5.74, 6) is -0.330. The maximum Gasteiger partial charge on any atom is 0.243 e. The number of rotatable bonds is 8. The van der Waals surface area contributed by atoms with Crippen LogP contribution in [0.5, 0.6) is 0 Å². The topological polar surface area (TPSA) is 69.7 Å². The highest BCUT2D eigenvalue weighted by atomic mass is 32.2. The van der Waals surface area contributed by atoms with Crippen LogP contribution in [-0.4, -0.2) is 44.6 Å². The molecule has 1 heterocycles. The Hall–Kier alpha value is -2.38. The van der Waals surface area contributed by atoms with Gasteiger partial charge in [-0.15, -0.1) is 0 Å². The maximum atomic E-state index is 12.8. The van der Waals surface area contributed by atoms with Crippen molar-refractivity contribution in [1.82, 2.24) is 10.2 Å². The van der Waals surface area contributed by atoms with E-state index in [-0.39, 0.29) is 5.91 Å². The Labute approximate surface area is 186 Å². The van der Waals surface area contributed by atoms with Gasteiger partial charge in [0, 0.05) is 13.1 Å². The molecule has 6 nitrogen and oxygen atoms in total. The largest absolute Gasteiger partial charge is 0.350 e. The summed E-state index contributed by atoms with van der Waals surface area (Å²) in [7, 11) is -3.61. The summed E-state index contributed by atoms with van der Waals surface area (Å²) in [5.41, 5.74) is 3.77. The molecule has 1 saturated heterocycles. The van der Waals surface area contributed by atoms with E-state index in [1.165, 1.54) is 29.1 Å². The van der Waals surface area contributed by atoms with E-state index in [9.17, 15) is 13.2 Å². The van der Waals surface area contributed by atoms with Gasteiger partial charge in [-0.3, -0.25) is 14.0 Å². The lowest BCUT2D eigenvalue weighted by atomic mass is 10.1. The lowest BCUT2D eigenvalue weighted by molar-refractivity contribution is -0.122. The van der Waals surface area contributed by atoms with Crippen LogP contribution in [0.3, 0.4) is 0 Å². The Morgan fingerprint density at radius 2 is 1.58 bits per heavy atom. The Balaban J connectivity index is 1.60. The Morgan fingerprint density at radius 3 is 2.16 bits per heavy atom. The van der Waals surface area contributed by atoms with Gasteiger partial charge in [0.05, 0.1) is 11.9 Å². The van der Waals surface area contributed by atoms with Crippen molar-refractivity contribution in [3.05, 3.63) is 65.2 Å². The van der Waals surface area contributed by atoms with Crippen molar-refractivity contribution in [3.8, 4) is 0 Å². The van der Waals surface area contributed by atoms with Crippen molar-refractivity contribution >= 4 is 21.6 Å². The van der Waals surface area contributed by atoms with E-state index in [2.05, 4.69) is 22.3 Å². The molecule has 1 aliphatic rings. The van der Waals surface area contributed by atoms with Gasteiger partial charge in [0.1, 0.15) is 6.04 Å². The number of amides is 1. The zero-order valence-electron chi connectivity index (χ0n) is 18.7. The van der Waals surface area contributed by atoms with Crippen molar-refractivity contribution in [2.75, 3.05) is 23.7 Å². The van der Waals surface area contributed by atoms with Crippen molar-refractivity contribution in [2.24, 2.45) is 0 Å². The molecule has 1 atom stereocenters. The zero-order chi connectivity index (χ0) is 22.4. The number of carbonyl (C=O) groups excluding carboxylic acids is 1. The molecule has 1 aliphatic heterocycles. The third kappa shape index (κ3) is 6.55. The molecule has 7 heteroatoms. The smallest absolute Gasteiger partial charge is 0.243 e. The van der Waals surface area contributed by atoms with E-state index >= 15 is 0 Å². The number of piperidine rings is 1. The van der Waals surface area contributed by atoms with Crippen LogP contribution in [0.4, 0.5) is 5.69 Å². The summed E-state index contributed by atoms with van der Waals surface area (Å²) in [6.07, 6.45) is 5.00. The van der Waals surface area contributed by atoms with Gasteiger partial charge >= 0.3 is 0 Å². The van der Waals surface area contributed by atoms with Crippen LogP contribution >= 0.6 is 0 Å². The van der Waals surface area contributed by atoms with Gasteiger partial charge in [0.15, 0.2) is 0 Å². The fraction of sp³-hybridized carbons (Fsp3) is 0.458. The minimum atomic E-state index is -3.61. The minimum Gasteiger partial charge on any atom is -0.350 e. The van der Waals surface area contributed by atoms with Crippen LogP contribution < -0.4 is 9.62 Å². The van der Waals surface area contributed by atoms with Crippen LogP contribution in [0.1, 0.15) is 42.9 Å². The van der Waals surface area contributed by atoms with E-state index in [0.717, 1.165) is 37.0 Å². The Kier molecular flexibility index (Phi) is 7.73. The van der Waals surface area contributed by atoms with Gasteiger partial charge in [-0.05, 0) is 63.0 Å². The standard InChI is InChI=1S/C24H33N3O3S/c1-19-7-13-23(14-8-19)27(31(3,29)30)20(2)24(28)25-17-21-9-11-22(12-10-21)18-26-15-5-4-6-16-26/h7-14,20H,4-6,15-18H2,1-3H3,(H,25,28)/t20-/m1/s1. The number of nitrogens with one attached hydrogen (secondary N) is 1. The average Bonchev–Trinajstić information content (AvgIpc) is 2.74. The monoisotopic (exact) mass is 443 g/mol. The maximum absolute atomic E-state index is 12.8. The SMILES string of the molecule is Cc1ccc(N([C@H](C)C(=O)NCc2ccc(CN3CCCCC3)cc2)S(C)(=O)=O)cc1. The molecule has 0 spiro atoms. The summed E-state index contributed by atoms with van der Waals surface area (Å²) in [6, 6.07) is 14.5. The van der Waals surface area contributed by atoms with Crippen LogP contribution in [0.2, 0.25) is 0 Å². The fourth-order valence-electron chi connectivity index (χ4n) is 3.98. The molecule has 1 amide bonds. The molecule has 168 valence electrons. The lowest BCUT2D eigenvalue weighted by Crippen LogP contribution is -2.47. The van der Waals surface area contributed by atoms with E-state index in [0.29, 0.717) is 12.2 Å². The van der Waals surface area contributed by atoms with Crippen molar-refractivity contribution < 1.29 is 13.2 Å². The Bertz CT molecular complexity index is 966. The number of sulfonamides is 1. The molecule has 3 rings (SSSR count). The first-order chi connectivity index (χ1) is 14.7. The van der Waals surface area contributed by atoms with Crippen LogP contribution in [0.25, 0.3) is 0 Å². The van der Waals surface area contributed by atoms with Crippen LogP contribution in [0, 0.1) is 6.92 Å². The van der Waals surface area contributed by atoms with Gasteiger partial charge in [-0.2, -0.15) is 0 Å². The summed E-state index contributed by atoms with van der Waals surface area (Å²) in [5, 5.41) is 2.88. The third-order valence-corrected chi connectivity index (χ3v) is 6.96. The van der Waals surface area contributed by atoms with E-state index < -0.39 is 16.1 Å². The highest BCUT2D eigenvalue weighted by Crippen LogP contribution is 2.21. The number of hydrogen-bond acceptors (Lipinski definition) is 4. The molecule has 0 bridgehead atoms. The van der Waals surface area contributed by atoms with Gasteiger partial charge in [-0.1, -0.05) is 48.4 Å². The zero-order valence-corrected chi connectivity index (χ0v) is 19.5. The number of nitrogens with zero attached hydrogens (tertiary/aromatic N) is 2.